The minimum absolute atomic E-state index is 0.229. The molecule has 5 nitrogen and oxygen atoms in total. The van der Waals surface area contributed by atoms with E-state index in [4.69, 9.17) is 0 Å². The third kappa shape index (κ3) is 3.83. The first-order valence-electron chi connectivity index (χ1n) is 8.46. The number of rotatable bonds is 5. The fraction of sp³-hybridized carbons (Fsp3) is 0.200. The molecule has 2 aromatic carbocycles. The zero-order valence-electron chi connectivity index (χ0n) is 15.3. The van der Waals surface area contributed by atoms with Crippen molar-refractivity contribution in [3.63, 3.8) is 0 Å². The Labute approximate surface area is 160 Å². The molecule has 140 valence electrons. The molecular weight excluding hydrogens is 365 g/mol. The minimum atomic E-state index is -0.564. The van der Waals surface area contributed by atoms with Gasteiger partial charge in [-0.05, 0) is 38.1 Å². The molecule has 1 atom stereocenters. The number of hydrogen-bond acceptors (Lipinski definition) is 3. The molecular formula is C20H20FN3O2S. The lowest BCUT2D eigenvalue weighted by Crippen LogP contribution is -2.27. The molecule has 0 aliphatic carbocycles. The van der Waals surface area contributed by atoms with Crippen LogP contribution >= 0.6 is 11.8 Å². The molecule has 3 rings (SSSR count). The monoisotopic (exact) mass is 385 g/mol. The Hall–Kier alpha value is -2.80. The summed E-state index contributed by atoms with van der Waals surface area (Å²) in [6, 6.07) is 15.5. The first-order valence-corrected chi connectivity index (χ1v) is 9.34. The first-order chi connectivity index (χ1) is 12.9. The van der Waals surface area contributed by atoms with Crippen LogP contribution in [0.3, 0.4) is 0 Å². The molecule has 0 aliphatic heterocycles. The molecule has 0 aliphatic rings. The van der Waals surface area contributed by atoms with Gasteiger partial charge in [0.1, 0.15) is 11.5 Å². The lowest BCUT2D eigenvalue weighted by molar-refractivity contribution is -0.115. The highest BCUT2D eigenvalue weighted by atomic mass is 32.2. The zero-order valence-corrected chi connectivity index (χ0v) is 16.1. The van der Waals surface area contributed by atoms with Crippen molar-refractivity contribution in [1.82, 2.24) is 9.36 Å². The van der Waals surface area contributed by atoms with Gasteiger partial charge in [0.05, 0.1) is 16.6 Å². The van der Waals surface area contributed by atoms with E-state index >= 15 is 0 Å². The largest absolute Gasteiger partial charge is 0.319 e. The zero-order chi connectivity index (χ0) is 19.6. The minimum Gasteiger partial charge on any atom is -0.319 e. The van der Waals surface area contributed by atoms with Gasteiger partial charge in [0.15, 0.2) is 0 Å². The molecule has 1 heterocycles. The molecule has 7 heteroatoms. The summed E-state index contributed by atoms with van der Waals surface area (Å²) in [4.78, 5) is 25.8. The third-order valence-corrected chi connectivity index (χ3v) is 5.46. The van der Waals surface area contributed by atoms with E-state index in [0.29, 0.717) is 16.3 Å². The number of anilines is 1. The summed E-state index contributed by atoms with van der Waals surface area (Å²) in [6.07, 6.45) is 0. The Bertz CT molecular complexity index is 1030. The van der Waals surface area contributed by atoms with Crippen LogP contribution in [0.2, 0.25) is 0 Å². The summed E-state index contributed by atoms with van der Waals surface area (Å²) in [6.45, 7) is 3.45. The topological polar surface area (TPSA) is 56.0 Å². The van der Waals surface area contributed by atoms with Crippen molar-refractivity contribution in [2.45, 2.75) is 24.0 Å². The van der Waals surface area contributed by atoms with E-state index in [1.807, 2.05) is 30.3 Å². The van der Waals surface area contributed by atoms with Crippen LogP contribution in [0.15, 0.2) is 64.3 Å². The van der Waals surface area contributed by atoms with Crippen LogP contribution in [-0.4, -0.2) is 20.5 Å². The van der Waals surface area contributed by atoms with E-state index in [1.54, 1.807) is 43.8 Å². The number of aromatic nitrogens is 2. The Balaban J connectivity index is 1.84. The molecule has 0 fully saturated rings. The molecule has 0 unspecified atom stereocenters. The van der Waals surface area contributed by atoms with Crippen molar-refractivity contribution in [3.8, 4) is 5.69 Å². The van der Waals surface area contributed by atoms with Crippen molar-refractivity contribution >= 4 is 23.4 Å². The van der Waals surface area contributed by atoms with Gasteiger partial charge in [0.2, 0.25) is 5.91 Å². The van der Waals surface area contributed by atoms with E-state index in [2.05, 4.69) is 5.32 Å². The Morgan fingerprint density at radius 3 is 2.41 bits per heavy atom. The van der Waals surface area contributed by atoms with Gasteiger partial charge < -0.3 is 5.32 Å². The van der Waals surface area contributed by atoms with Gasteiger partial charge in [-0.3, -0.25) is 14.3 Å². The normalized spacial score (nSPS) is 12.0. The van der Waals surface area contributed by atoms with Gasteiger partial charge in [-0.15, -0.1) is 11.8 Å². The summed E-state index contributed by atoms with van der Waals surface area (Å²) >= 11 is 1.11. The number of amides is 1. The van der Waals surface area contributed by atoms with Crippen LogP contribution in [0.25, 0.3) is 5.69 Å². The van der Waals surface area contributed by atoms with Gasteiger partial charge >= 0.3 is 0 Å². The summed E-state index contributed by atoms with van der Waals surface area (Å²) < 4.78 is 17.0. The SMILES string of the molecule is Cc1c(NC(=O)[C@H](C)Sc2ccccc2F)c(=O)n(-c2ccccc2)n1C. The number of carbonyl (C=O) groups excluding carboxylic acids is 1. The molecule has 1 N–H and O–H groups in total. The van der Waals surface area contributed by atoms with Crippen LogP contribution in [0.5, 0.6) is 0 Å². The predicted octanol–water partition coefficient (Wildman–Crippen LogP) is 3.74. The van der Waals surface area contributed by atoms with E-state index in [9.17, 15) is 14.0 Å². The highest BCUT2D eigenvalue weighted by Crippen LogP contribution is 2.26. The van der Waals surface area contributed by atoms with Gasteiger partial charge in [-0.25, -0.2) is 9.07 Å². The van der Waals surface area contributed by atoms with E-state index in [0.717, 1.165) is 11.8 Å². The standard InChI is InChI=1S/C20H20FN3O2S/c1-13-18(20(26)24(23(13)3)15-9-5-4-6-10-15)22-19(25)14(2)27-17-12-8-7-11-16(17)21/h4-12,14H,1-3H3,(H,22,25)/t14-/m0/s1. The summed E-state index contributed by atoms with van der Waals surface area (Å²) in [5.41, 5.74) is 1.27. The predicted molar refractivity (Wildman–Crippen MR) is 106 cm³/mol. The second-order valence-electron chi connectivity index (χ2n) is 6.12. The number of carbonyl (C=O) groups is 1. The number of thioether (sulfide) groups is 1. The Morgan fingerprint density at radius 2 is 1.74 bits per heavy atom. The average molecular weight is 385 g/mol. The van der Waals surface area contributed by atoms with Crippen LogP contribution < -0.4 is 10.9 Å². The van der Waals surface area contributed by atoms with Gasteiger partial charge in [0.25, 0.3) is 5.56 Å². The molecule has 0 saturated heterocycles. The maximum absolute atomic E-state index is 13.8. The quantitative estimate of drug-likeness (QED) is 0.681. The number of halogens is 1. The van der Waals surface area contributed by atoms with E-state index in [-0.39, 0.29) is 23.0 Å². The lowest BCUT2D eigenvalue weighted by atomic mass is 10.3. The number of nitrogens with zero attached hydrogens (tertiary/aromatic N) is 2. The number of nitrogens with one attached hydrogen (secondary N) is 1. The van der Waals surface area contributed by atoms with Crippen molar-refractivity contribution in [3.05, 3.63) is 76.5 Å². The molecule has 27 heavy (non-hydrogen) atoms. The maximum atomic E-state index is 13.8. The highest BCUT2D eigenvalue weighted by Gasteiger charge is 2.22. The average Bonchev–Trinajstić information content (AvgIpc) is 2.87. The van der Waals surface area contributed by atoms with Crippen LogP contribution in [-0.2, 0) is 11.8 Å². The molecule has 1 aromatic heterocycles. The molecule has 0 radical (unpaired) electrons. The summed E-state index contributed by atoms with van der Waals surface area (Å²) in [5, 5.41) is 2.15. The smallest absolute Gasteiger partial charge is 0.295 e. The second kappa shape index (κ2) is 7.84. The maximum Gasteiger partial charge on any atom is 0.295 e. The van der Waals surface area contributed by atoms with Gasteiger partial charge in [-0.2, -0.15) is 0 Å². The lowest BCUT2D eigenvalue weighted by Gasteiger charge is -2.11. The van der Waals surface area contributed by atoms with E-state index < -0.39 is 5.25 Å². The van der Waals surface area contributed by atoms with Gasteiger partial charge in [0, 0.05) is 11.9 Å². The van der Waals surface area contributed by atoms with Gasteiger partial charge in [-0.1, -0.05) is 30.3 Å². The third-order valence-electron chi connectivity index (χ3n) is 4.31. The molecule has 0 saturated carbocycles. The molecule has 3 aromatic rings. The second-order valence-corrected chi connectivity index (χ2v) is 7.50. The Morgan fingerprint density at radius 1 is 1.11 bits per heavy atom. The molecule has 0 spiro atoms. The van der Waals surface area contributed by atoms with Crippen molar-refractivity contribution in [2.75, 3.05) is 5.32 Å². The molecule has 0 bridgehead atoms. The number of para-hydroxylation sites is 1. The summed E-state index contributed by atoms with van der Waals surface area (Å²) in [5.74, 6) is -0.723. The summed E-state index contributed by atoms with van der Waals surface area (Å²) in [7, 11) is 1.76. The number of hydrogen-bond donors (Lipinski definition) is 1. The molecule has 1 amide bonds. The van der Waals surface area contributed by atoms with Crippen LogP contribution in [0.1, 0.15) is 12.6 Å². The van der Waals surface area contributed by atoms with Crippen LogP contribution in [0, 0.1) is 12.7 Å². The van der Waals surface area contributed by atoms with E-state index in [1.165, 1.54) is 10.7 Å². The number of benzene rings is 2. The fourth-order valence-corrected chi connectivity index (χ4v) is 3.61. The Kier molecular flexibility index (Phi) is 5.51. The van der Waals surface area contributed by atoms with Crippen molar-refractivity contribution in [1.29, 1.82) is 0 Å². The van der Waals surface area contributed by atoms with Crippen molar-refractivity contribution < 1.29 is 9.18 Å². The highest BCUT2D eigenvalue weighted by molar-refractivity contribution is 8.00. The van der Waals surface area contributed by atoms with Crippen LogP contribution in [0.4, 0.5) is 10.1 Å². The first kappa shape index (κ1) is 19.0. The van der Waals surface area contributed by atoms with Crippen molar-refractivity contribution in [2.24, 2.45) is 7.05 Å². The fourth-order valence-electron chi connectivity index (χ4n) is 2.72.